The predicted molar refractivity (Wildman–Crippen MR) is 58.7 cm³/mol. The van der Waals surface area contributed by atoms with E-state index in [1.807, 2.05) is 0 Å². The molecule has 1 fully saturated rings. The van der Waals surface area contributed by atoms with E-state index in [4.69, 9.17) is 8.92 Å². The molecule has 0 amide bonds. The molecule has 0 spiro atoms. The Balaban J connectivity index is 2.59. The molecule has 0 aromatic heterocycles. The Labute approximate surface area is 97.0 Å². The van der Waals surface area contributed by atoms with Crippen LogP contribution in [0.2, 0.25) is 0 Å². The molecule has 0 aromatic carbocycles. The van der Waals surface area contributed by atoms with Crippen molar-refractivity contribution in [3.63, 3.8) is 0 Å². The number of ether oxygens (including phenoxy) is 1. The number of halogens is 1. The summed E-state index contributed by atoms with van der Waals surface area (Å²) in [5.41, 5.74) is 0. The van der Waals surface area contributed by atoms with Gasteiger partial charge in [-0.3, -0.25) is 4.18 Å². The summed E-state index contributed by atoms with van der Waals surface area (Å²) in [4.78, 5) is 0. The molecule has 1 rings (SSSR count). The van der Waals surface area contributed by atoms with Crippen molar-refractivity contribution < 1.29 is 22.4 Å². The molecule has 3 unspecified atom stereocenters. The highest BCUT2D eigenvalue weighted by atomic mass is 127. The van der Waals surface area contributed by atoms with Gasteiger partial charge in [0.05, 0.1) is 12.4 Å². The molecule has 3 atom stereocenters. The van der Waals surface area contributed by atoms with Gasteiger partial charge < -0.3 is 9.84 Å². The van der Waals surface area contributed by atoms with Crippen molar-refractivity contribution in [3.8, 4) is 0 Å². The molecule has 5 nitrogen and oxygen atoms in total. The van der Waals surface area contributed by atoms with E-state index in [0.717, 1.165) is 6.26 Å². The largest absolute Gasteiger partial charge is 0.368 e. The Morgan fingerprint density at radius 2 is 2.21 bits per heavy atom. The third-order valence-corrected chi connectivity index (χ3v) is 3.36. The smallest absolute Gasteiger partial charge is 0.264 e. The number of aliphatic hydroxyl groups is 1. The first-order valence-corrected chi connectivity index (χ1v) is 7.54. The zero-order valence-corrected chi connectivity index (χ0v) is 10.7. The lowest BCUT2D eigenvalue weighted by Crippen LogP contribution is -2.42. The van der Waals surface area contributed by atoms with Gasteiger partial charge in [-0.2, -0.15) is 8.42 Å². The Kier molecular flexibility index (Phi) is 4.56. The number of hydrogen-bond donors (Lipinski definition) is 1. The van der Waals surface area contributed by atoms with E-state index in [9.17, 15) is 13.5 Å². The van der Waals surface area contributed by atoms with E-state index in [1.165, 1.54) is 0 Å². The third-order valence-electron chi connectivity index (χ3n) is 1.90. The summed E-state index contributed by atoms with van der Waals surface area (Å²) in [6, 6.07) is 0. The Bertz CT molecular complexity index is 278. The van der Waals surface area contributed by atoms with Crippen LogP contribution in [0, 0.1) is 0 Å². The van der Waals surface area contributed by atoms with Gasteiger partial charge >= 0.3 is 0 Å². The predicted octanol–water partition coefficient (Wildman–Crippen LogP) is 0.264. The maximum absolute atomic E-state index is 10.9. The van der Waals surface area contributed by atoms with Crippen LogP contribution in [-0.2, 0) is 19.0 Å². The van der Waals surface area contributed by atoms with Crippen LogP contribution >= 0.6 is 22.6 Å². The summed E-state index contributed by atoms with van der Waals surface area (Å²) in [5.74, 6) is 0. The van der Waals surface area contributed by atoms with Gasteiger partial charge in [0.2, 0.25) is 0 Å². The van der Waals surface area contributed by atoms with Crippen LogP contribution in [0.15, 0.2) is 0 Å². The van der Waals surface area contributed by atoms with Crippen molar-refractivity contribution in [2.75, 3.05) is 10.7 Å². The second kappa shape index (κ2) is 5.06. The fraction of sp³-hybridized carbons (Fsp3) is 1.00. The van der Waals surface area contributed by atoms with E-state index in [1.54, 1.807) is 0 Å². The molecule has 0 radical (unpaired) electrons. The minimum absolute atomic E-state index is 0.353. The first kappa shape index (κ1) is 12.6. The molecule has 84 valence electrons. The van der Waals surface area contributed by atoms with Crippen LogP contribution < -0.4 is 0 Å². The average Bonchev–Trinajstić information content (AvgIpc) is 2.06. The van der Waals surface area contributed by atoms with Crippen molar-refractivity contribution in [3.05, 3.63) is 0 Å². The van der Waals surface area contributed by atoms with E-state index in [-0.39, 0.29) is 6.10 Å². The van der Waals surface area contributed by atoms with Gasteiger partial charge in [-0.15, -0.1) is 0 Å². The van der Waals surface area contributed by atoms with Gasteiger partial charge in [0.15, 0.2) is 6.29 Å². The summed E-state index contributed by atoms with van der Waals surface area (Å²) in [7, 11) is -3.45. The molecular formula is C7H13IO5S. The average molecular weight is 336 g/mol. The van der Waals surface area contributed by atoms with Crippen LogP contribution in [-0.4, -0.2) is 42.7 Å². The fourth-order valence-corrected chi connectivity index (χ4v) is 2.76. The molecule has 0 saturated carbocycles. The van der Waals surface area contributed by atoms with Gasteiger partial charge in [-0.25, -0.2) is 0 Å². The molecular weight excluding hydrogens is 323 g/mol. The molecule has 1 aliphatic heterocycles. The van der Waals surface area contributed by atoms with Crippen LogP contribution in [0.5, 0.6) is 0 Å². The molecule has 1 heterocycles. The molecule has 0 aliphatic carbocycles. The monoisotopic (exact) mass is 336 g/mol. The molecule has 1 aliphatic rings. The lowest BCUT2D eigenvalue weighted by Gasteiger charge is -2.32. The first-order chi connectivity index (χ1) is 6.42. The SMILES string of the molecule is CS(=O)(=O)OC1CCC(O)OC1CI. The molecule has 14 heavy (non-hydrogen) atoms. The number of rotatable bonds is 3. The third kappa shape index (κ3) is 3.97. The molecule has 0 aromatic rings. The van der Waals surface area contributed by atoms with Crippen molar-refractivity contribution in [1.82, 2.24) is 0 Å². The second-order valence-electron chi connectivity index (χ2n) is 3.20. The summed E-state index contributed by atoms with van der Waals surface area (Å²) in [6.07, 6.45) is 0.311. The quantitative estimate of drug-likeness (QED) is 0.455. The van der Waals surface area contributed by atoms with Gasteiger partial charge in [0.25, 0.3) is 10.1 Å². The van der Waals surface area contributed by atoms with Crippen molar-refractivity contribution in [1.29, 1.82) is 0 Å². The zero-order chi connectivity index (χ0) is 10.8. The Hall–Kier alpha value is 0.560. The standard InChI is InChI=1S/C7H13IO5S/c1-14(10,11)13-5-2-3-7(9)12-6(5)4-8/h5-7,9H,2-4H2,1H3. The van der Waals surface area contributed by atoms with Crippen LogP contribution in [0.3, 0.4) is 0 Å². The van der Waals surface area contributed by atoms with Crippen LogP contribution in [0.25, 0.3) is 0 Å². The summed E-state index contributed by atoms with van der Waals surface area (Å²) >= 11 is 2.07. The van der Waals surface area contributed by atoms with Crippen molar-refractivity contribution in [2.45, 2.75) is 31.3 Å². The molecule has 7 heteroatoms. The van der Waals surface area contributed by atoms with E-state index in [0.29, 0.717) is 17.3 Å². The zero-order valence-electron chi connectivity index (χ0n) is 7.72. The summed E-state index contributed by atoms with van der Waals surface area (Å²) in [6.45, 7) is 0. The molecule has 0 bridgehead atoms. The highest BCUT2D eigenvalue weighted by molar-refractivity contribution is 14.1. The van der Waals surface area contributed by atoms with Gasteiger partial charge in [-0.1, -0.05) is 22.6 Å². The first-order valence-electron chi connectivity index (χ1n) is 4.20. The van der Waals surface area contributed by atoms with E-state index in [2.05, 4.69) is 22.6 Å². The Morgan fingerprint density at radius 1 is 1.57 bits per heavy atom. The fourth-order valence-electron chi connectivity index (χ4n) is 1.32. The van der Waals surface area contributed by atoms with Gasteiger partial charge in [-0.05, 0) is 6.42 Å². The van der Waals surface area contributed by atoms with Gasteiger partial charge in [0, 0.05) is 10.8 Å². The summed E-state index contributed by atoms with van der Waals surface area (Å²) in [5, 5.41) is 9.20. The number of aliphatic hydroxyl groups excluding tert-OH is 1. The van der Waals surface area contributed by atoms with Crippen molar-refractivity contribution >= 4 is 32.7 Å². The highest BCUT2D eigenvalue weighted by Crippen LogP contribution is 2.23. The highest BCUT2D eigenvalue weighted by Gasteiger charge is 2.32. The second-order valence-corrected chi connectivity index (χ2v) is 5.68. The van der Waals surface area contributed by atoms with E-state index < -0.39 is 22.5 Å². The maximum atomic E-state index is 10.9. The minimum atomic E-state index is -3.45. The van der Waals surface area contributed by atoms with Crippen LogP contribution in [0.4, 0.5) is 0 Å². The van der Waals surface area contributed by atoms with Gasteiger partial charge in [0.1, 0.15) is 6.10 Å². The minimum Gasteiger partial charge on any atom is -0.368 e. The van der Waals surface area contributed by atoms with Crippen molar-refractivity contribution in [2.24, 2.45) is 0 Å². The molecule has 1 saturated heterocycles. The van der Waals surface area contributed by atoms with E-state index >= 15 is 0 Å². The maximum Gasteiger partial charge on any atom is 0.264 e. The Morgan fingerprint density at radius 3 is 2.71 bits per heavy atom. The normalized spacial score (nSPS) is 34.4. The van der Waals surface area contributed by atoms with Crippen LogP contribution in [0.1, 0.15) is 12.8 Å². The lowest BCUT2D eigenvalue weighted by atomic mass is 10.1. The number of alkyl halides is 1. The topological polar surface area (TPSA) is 72.8 Å². The number of hydrogen-bond acceptors (Lipinski definition) is 5. The summed E-state index contributed by atoms with van der Waals surface area (Å²) < 4.78 is 32.4. The lowest BCUT2D eigenvalue weighted by molar-refractivity contribution is -0.184. The molecule has 1 N–H and O–H groups in total.